The van der Waals surface area contributed by atoms with E-state index in [4.69, 9.17) is 10.4 Å². The molecule has 13 heteroatoms. The third-order valence-electron chi connectivity index (χ3n) is 5.49. The molecule has 0 aliphatic carbocycles. The zero-order chi connectivity index (χ0) is 22.2. The number of carboxylic acid groups (broad SMARTS) is 1. The molecule has 0 radical (unpaired) electrons. The Bertz CT molecular complexity index is 681. The number of hydrogen-bond donors (Lipinski definition) is 1. The number of fused-ring (bicyclic) bond motifs is 7. The van der Waals surface area contributed by atoms with Crippen LogP contribution < -0.4 is 0 Å². The second kappa shape index (κ2) is 12.0. The number of hydrogen-bond acceptors (Lipinski definition) is 11. The fourth-order valence-corrected chi connectivity index (χ4v) is 7.57. The van der Waals surface area contributed by atoms with Crippen molar-refractivity contribution in [2.75, 3.05) is 85.1 Å². The van der Waals surface area contributed by atoms with Gasteiger partial charge in [-0.2, -0.15) is 0 Å². The van der Waals surface area contributed by atoms with Gasteiger partial charge in [0.2, 0.25) is 0 Å². The molecule has 3 unspecified atom stereocenters. The summed E-state index contributed by atoms with van der Waals surface area (Å²) in [5.41, 5.74) is 0. The Morgan fingerprint density at radius 2 is 1.23 bits per heavy atom. The van der Waals surface area contributed by atoms with Crippen molar-refractivity contribution in [2.24, 2.45) is 0 Å². The molecular weight excluding hydrogens is 515 g/mol. The molecule has 3 fully saturated rings. The van der Waals surface area contributed by atoms with Gasteiger partial charge in [0.1, 0.15) is 0 Å². The Balaban J connectivity index is 1.88. The van der Waals surface area contributed by atoms with E-state index in [1.807, 2.05) is 14.7 Å². The van der Waals surface area contributed by atoms with Gasteiger partial charge in [0.15, 0.2) is 0 Å². The van der Waals surface area contributed by atoms with Crippen molar-refractivity contribution < 1.29 is 34.7 Å². The molecule has 0 aromatic rings. The van der Waals surface area contributed by atoms with E-state index in [1.54, 1.807) is 4.90 Å². The van der Waals surface area contributed by atoms with E-state index in [2.05, 4.69) is 0 Å². The molecule has 4 bridgehead atoms. The monoisotopic (exact) mass is 544 g/mol. The van der Waals surface area contributed by atoms with Crippen LogP contribution in [0.1, 0.15) is 0 Å². The van der Waals surface area contributed by atoms with E-state index in [-0.39, 0.29) is 37.0 Å². The van der Waals surface area contributed by atoms with Crippen LogP contribution in [0.4, 0.5) is 0 Å². The summed E-state index contributed by atoms with van der Waals surface area (Å²) in [5.74, 6) is -2.19. The van der Waals surface area contributed by atoms with E-state index >= 15 is 0 Å². The van der Waals surface area contributed by atoms with Crippen LogP contribution in [0.25, 0.3) is 0 Å². The second-order valence-corrected chi connectivity index (χ2v) is 13.4. The summed E-state index contributed by atoms with van der Waals surface area (Å²) >= 11 is -3.50. The molecule has 0 amide bonds. The molecule has 12 nitrogen and oxygen atoms in total. The molecule has 3 aliphatic rings. The number of aliphatic carboxylic acids is 1. The standard InChI is InChI=1S/C18H31N4O8.In/c1-2-30-18(29)14-22-9-7-20(12-16(25)26)5-3-19(11-15(23)24)4-6-21(8-10-22)13-17(27)28;/h1-14H2,(H,23,24)(H,25,26)(H,27,28);/q;+2/p-2. The zero-order valence-electron chi connectivity index (χ0n) is 17.6. The summed E-state index contributed by atoms with van der Waals surface area (Å²) in [6, 6.07) is 0. The van der Waals surface area contributed by atoms with Crippen molar-refractivity contribution in [3.8, 4) is 0 Å². The average molecular weight is 544 g/mol. The predicted molar refractivity (Wildman–Crippen MR) is 107 cm³/mol. The van der Waals surface area contributed by atoms with Crippen LogP contribution in [0.15, 0.2) is 0 Å². The number of carboxylic acids is 1. The topological polar surface area (TPSA) is 129 Å². The maximum atomic E-state index is 12.5. The molecule has 3 atom stereocenters. The number of ether oxygens (including phenoxy) is 1. The summed E-state index contributed by atoms with van der Waals surface area (Å²) in [6.07, 6.45) is 0. The number of nitrogens with zero attached hydrogens (tertiary/aromatic N) is 4. The van der Waals surface area contributed by atoms with Gasteiger partial charge < -0.3 is 0 Å². The van der Waals surface area contributed by atoms with Crippen LogP contribution in [-0.4, -0.2) is 156 Å². The van der Waals surface area contributed by atoms with Gasteiger partial charge in [0.05, 0.1) is 0 Å². The Labute approximate surface area is 189 Å². The van der Waals surface area contributed by atoms with E-state index in [9.17, 15) is 24.3 Å². The fourth-order valence-electron chi connectivity index (χ4n) is 3.77. The van der Waals surface area contributed by atoms with Crippen LogP contribution in [-0.2, 0) is 29.6 Å². The molecular formula is C18H29InN4O8. The molecule has 0 spiro atoms. The van der Waals surface area contributed by atoms with E-state index in [0.29, 0.717) is 52.4 Å². The SMILES string of the molecule is O=C(O)CN1CCN2CCN3CCN(CC1)CC(=O)[O][In]([CH2]COC(=O)C2)[O]C(=O)C3. The predicted octanol–water partition coefficient (Wildman–Crippen LogP) is -2.56. The molecule has 3 heterocycles. The first-order valence-corrected chi connectivity index (χ1v) is 15.6. The van der Waals surface area contributed by atoms with Crippen molar-refractivity contribution in [1.29, 1.82) is 0 Å². The van der Waals surface area contributed by atoms with E-state index < -0.39 is 46.2 Å². The van der Waals surface area contributed by atoms with Gasteiger partial charge in [0, 0.05) is 0 Å². The summed E-state index contributed by atoms with van der Waals surface area (Å²) in [5, 5.41) is 9.26. The molecule has 0 saturated carbocycles. The van der Waals surface area contributed by atoms with Gasteiger partial charge >= 0.3 is 190 Å². The maximum absolute atomic E-state index is 12.5. The van der Waals surface area contributed by atoms with Gasteiger partial charge in [-0.05, 0) is 0 Å². The van der Waals surface area contributed by atoms with Gasteiger partial charge in [-0.15, -0.1) is 0 Å². The van der Waals surface area contributed by atoms with E-state index in [1.165, 1.54) is 0 Å². The Morgan fingerprint density at radius 3 is 1.71 bits per heavy atom. The van der Waals surface area contributed by atoms with Crippen molar-refractivity contribution in [3.63, 3.8) is 0 Å². The van der Waals surface area contributed by atoms with Crippen LogP contribution in [0.5, 0.6) is 0 Å². The number of rotatable bonds is 2. The second-order valence-electron chi connectivity index (χ2n) is 7.92. The van der Waals surface area contributed by atoms with Crippen molar-refractivity contribution in [3.05, 3.63) is 0 Å². The molecule has 1 N–H and O–H groups in total. The summed E-state index contributed by atoms with van der Waals surface area (Å²) in [7, 11) is 0. The fraction of sp³-hybridized carbons (Fsp3) is 0.778. The Morgan fingerprint density at radius 1 is 0.774 bits per heavy atom. The van der Waals surface area contributed by atoms with Gasteiger partial charge in [-0.25, -0.2) is 0 Å². The van der Waals surface area contributed by atoms with Crippen molar-refractivity contribution in [2.45, 2.75) is 4.18 Å². The van der Waals surface area contributed by atoms with Crippen LogP contribution >= 0.6 is 0 Å². The van der Waals surface area contributed by atoms with E-state index in [0.717, 1.165) is 0 Å². The number of esters is 1. The van der Waals surface area contributed by atoms with Crippen LogP contribution in [0.2, 0.25) is 4.18 Å². The average Bonchev–Trinajstić information content (AvgIpc) is 2.69. The molecule has 0 aromatic carbocycles. The third kappa shape index (κ3) is 8.56. The number of cyclic esters (lactones) is 1. The zero-order valence-corrected chi connectivity index (χ0v) is 20.9. The summed E-state index contributed by atoms with van der Waals surface area (Å²) in [4.78, 5) is 56.2. The molecule has 31 heavy (non-hydrogen) atoms. The van der Waals surface area contributed by atoms with Crippen LogP contribution in [0.3, 0.4) is 0 Å². The number of carbonyl (C=O) groups is 4. The molecule has 3 rings (SSSR count). The third-order valence-corrected chi connectivity index (χ3v) is 10.5. The first-order chi connectivity index (χ1) is 14.9. The Hall–Kier alpha value is -1.41. The summed E-state index contributed by atoms with van der Waals surface area (Å²) < 4.78 is 16.7. The van der Waals surface area contributed by atoms with Gasteiger partial charge in [0.25, 0.3) is 0 Å². The Kier molecular flexibility index (Phi) is 9.38. The van der Waals surface area contributed by atoms with Crippen molar-refractivity contribution in [1.82, 2.24) is 19.6 Å². The van der Waals surface area contributed by atoms with Crippen molar-refractivity contribution >= 4 is 46.2 Å². The molecule has 3 aliphatic heterocycles. The van der Waals surface area contributed by atoms with Crippen LogP contribution in [0, 0.1) is 0 Å². The first kappa shape index (κ1) is 24.2. The minimum atomic E-state index is -3.50. The normalized spacial score (nSPS) is 29.7. The molecule has 3 saturated heterocycles. The summed E-state index contributed by atoms with van der Waals surface area (Å²) in [6.45, 7) is 4.18. The first-order valence-electron chi connectivity index (χ1n) is 10.5. The van der Waals surface area contributed by atoms with Gasteiger partial charge in [-0.1, -0.05) is 0 Å². The molecule has 172 valence electrons. The molecule has 0 aromatic heterocycles. The quantitative estimate of drug-likeness (QED) is 0.367. The van der Waals surface area contributed by atoms with Gasteiger partial charge in [-0.3, -0.25) is 0 Å². The number of carbonyl (C=O) groups excluding carboxylic acids is 3. The minimum absolute atomic E-state index is 0.0473.